The van der Waals surface area contributed by atoms with E-state index in [1.54, 1.807) is 12.1 Å². The van der Waals surface area contributed by atoms with E-state index in [-0.39, 0.29) is 5.69 Å². The Bertz CT molecular complexity index is 294. The van der Waals surface area contributed by atoms with Crippen LogP contribution < -0.4 is 0 Å². The summed E-state index contributed by atoms with van der Waals surface area (Å²) in [6.07, 6.45) is 0.549. The van der Waals surface area contributed by atoms with Gasteiger partial charge in [0.05, 0.1) is 4.92 Å². The summed E-state index contributed by atoms with van der Waals surface area (Å²) in [5, 5.41) is 12.8. The highest BCUT2D eigenvalue weighted by Gasteiger charge is 2.02. The number of non-ortho nitro benzene ring substituents is 1. The third-order valence-corrected chi connectivity index (χ3v) is 1.57. The summed E-state index contributed by atoms with van der Waals surface area (Å²) in [6.45, 7) is 0. The standard InChI is InChI=1S/C8H6NO2S/c10-9(11)8-3-1-7(2-4-8)5-6-12/h1-4H,5H2. The molecule has 1 radical (unpaired) electrons. The van der Waals surface area contributed by atoms with E-state index in [0.29, 0.717) is 6.42 Å². The SMILES string of the molecule is O=[N+]([O-])c1ccc(C[C]=S)cc1. The van der Waals surface area contributed by atoms with Crippen molar-refractivity contribution in [1.82, 2.24) is 0 Å². The summed E-state index contributed by atoms with van der Waals surface area (Å²) in [7, 11) is 0. The highest BCUT2D eigenvalue weighted by molar-refractivity contribution is 7.78. The van der Waals surface area contributed by atoms with E-state index in [1.165, 1.54) is 12.1 Å². The van der Waals surface area contributed by atoms with Gasteiger partial charge in [0.2, 0.25) is 0 Å². The number of rotatable bonds is 3. The quantitative estimate of drug-likeness (QED) is 0.406. The van der Waals surface area contributed by atoms with E-state index in [2.05, 4.69) is 17.6 Å². The van der Waals surface area contributed by atoms with Gasteiger partial charge in [-0.1, -0.05) is 24.4 Å². The Morgan fingerprint density at radius 2 is 2.00 bits per heavy atom. The molecule has 0 aliphatic rings. The highest BCUT2D eigenvalue weighted by atomic mass is 32.1. The van der Waals surface area contributed by atoms with Crippen LogP contribution in [0.4, 0.5) is 5.69 Å². The van der Waals surface area contributed by atoms with Crippen LogP contribution >= 0.6 is 12.2 Å². The fourth-order valence-corrected chi connectivity index (χ4v) is 0.986. The zero-order chi connectivity index (χ0) is 8.97. The summed E-state index contributed by atoms with van der Waals surface area (Å²) in [5.41, 5.74) is 1.04. The van der Waals surface area contributed by atoms with Gasteiger partial charge in [-0.05, 0) is 5.56 Å². The van der Waals surface area contributed by atoms with Crippen molar-refractivity contribution in [2.24, 2.45) is 0 Å². The van der Waals surface area contributed by atoms with E-state index >= 15 is 0 Å². The van der Waals surface area contributed by atoms with E-state index in [0.717, 1.165) is 5.56 Å². The zero-order valence-corrected chi connectivity index (χ0v) is 7.00. The van der Waals surface area contributed by atoms with Crippen molar-refractivity contribution < 1.29 is 4.92 Å². The molecule has 1 rings (SSSR count). The van der Waals surface area contributed by atoms with Crippen LogP contribution in [0.2, 0.25) is 0 Å². The number of nitrogens with zero attached hydrogens (tertiary/aromatic N) is 1. The summed E-state index contributed by atoms with van der Waals surface area (Å²) >= 11 is 4.53. The molecule has 0 bridgehead atoms. The molecule has 0 amide bonds. The predicted molar refractivity (Wildman–Crippen MR) is 49.4 cm³/mol. The van der Waals surface area contributed by atoms with Gasteiger partial charge < -0.3 is 0 Å². The second kappa shape index (κ2) is 3.92. The van der Waals surface area contributed by atoms with E-state index in [4.69, 9.17) is 0 Å². The van der Waals surface area contributed by atoms with Crippen LogP contribution in [0.1, 0.15) is 5.56 Å². The van der Waals surface area contributed by atoms with Crippen LogP contribution in [0.25, 0.3) is 0 Å². The minimum Gasteiger partial charge on any atom is -0.258 e. The second-order valence-corrected chi connectivity index (χ2v) is 2.53. The van der Waals surface area contributed by atoms with Crippen molar-refractivity contribution in [2.45, 2.75) is 6.42 Å². The van der Waals surface area contributed by atoms with Crippen LogP contribution in [0.3, 0.4) is 0 Å². The molecule has 4 heteroatoms. The average molecular weight is 180 g/mol. The maximum absolute atomic E-state index is 10.2. The van der Waals surface area contributed by atoms with Crippen LogP contribution in [0.15, 0.2) is 24.3 Å². The molecule has 0 aliphatic carbocycles. The first-order valence-corrected chi connectivity index (χ1v) is 3.73. The maximum Gasteiger partial charge on any atom is 0.269 e. The largest absolute Gasteiger partial charge is 0.269 e. The Kier molecular flexibility index (Phi) is 2.88. The smallest absolute Gasteiger partial charge is 0.258 e. The number of hydrogen-bond acceptors (Lipinski definition) is 3. The third-order valence-electron chi connectivity index (χ3n) is 1.42. The molecule has 0 aliphatic heterocycles. The first-order valence-electron chi connectivity index (χ1n) is 3.32. The molecule has 0 aromatic heterocycles. The molecule has 61 valence electrons. The lowest BCUT2D eigenvalue weighted by Crippen LogP contribution is -1.89. The number of thiocarbonyl (C=S) groups is 1. The fraction of sp³-hybridized carbons (Fsp3) is 0.125. The topological polar surface area (TPSA) is 43.1 Å². The zero-order valence-electron chi connectivity index (χ0n) is 6.19. The maximum atomic E-state index is 10.2. The number of hydrogen-bond donors (Lipinski definition) is 0. The summed E-state index contributed by atoms with van der Waals surface area (Å²) in [6, 6.07) is 6.28. The second-order valence-electron chi connectivity index (χ2n) is 2.24. The fourth-order valence-electron chi connectivity index (χ4n) is 0.819. The first kappa shape index (κ1) is 8.80. The molecule has 1 aromatic rings. The van der Waals surface area contributed by atoms with Gasteiger partial charge in [0.25, 0.3) is 5.69 Å². The lowest BCUT2D eigenvalue weighted by molar-refractivity contribution is -0.384. The van der Waals surface area contributed by atoms with E-state index in [9.17, 15) is 10.1 Å². The molecule has 1 aromatic carbocycles. The van der Waals surface area contributed by atoms with Gasteiger partial charge in [0.1, 0.15) is 0 Å². The molecule has 0 saturated heterocycles. The molecular weight excluding hydrogens is 174 g/mol. The van der Waals surface area contributed by atoms with Gasteiger partial charge in [-0.3, -0.25) is 10.1 Å². The molecule has 3 nitrogen and oxygen atoms in total. The summed E-state index contributed by atoms with van der Waals surface area (Å²) < 4.78 is 0. The number of nitro groups is 1. The van der Waals surface area contributed by atoms with Crippen LogP contribution in [-0.4, -0.2) is 10.3 Å². The number of benzene rings is 1. The third kappa shape index (κ3) is 2.10. The van der Waals surface area contributed by atoms with Gasteiger partial charge in [0.15, 0.2) is 0 Å². The Labute approximate surface area is 75.2 Å². The van der Waals surface area contributed by atoms with Gasteiger partial charge in [-0.25, -0.2) is 0 Å². The van der Waals surface area contributed by atoms with Crippen molar-refractivity contribution in [2.75, 3.05) is 0 Å². The Hall–Kier alpha value is -1.29. The minimum absolute atomic E-state index is 0.100. The molecule has 12 heavy (non-hydrogen) atoms. The normalized spacial score (nSPS) is 9.33. The van der Waals surface area contributed by atoms with Crippen molar-refractivity contribution in [3.8, 4) is 0 Å². The van der Waals surface area contributed by atoms with Crippen molar-refractivity contribution in [3.05, 3.63) is 39.9 Å². The summed E-state index contributed by atoms with van der Waals surface area (Å²) in [4.78, 5) is 9.81. The molecule has 0 spiro atoms. The van der Waals surface area contributed by atoms with Crippen LogP contribution in [0.5, 0.6) is 0 Å². The van der Waals surface area contributed by atoms with Crippen molar-refractivity contribution >= 4 is 23.3 Å². The van der Waals surface area contributed by atoms with Crippen molar-refractivity contribution in [1.29, 1.82) is 0 Å². The summed E-state index contributed by atoms with van der Waals surface area (Å²) in [5.74, 6) is 0. The van der Waals surface area contributed by atoms with Crippen molar-refractivity contribution in [3.63, 3.8) is 0 Å². The van der Waals surface area contributed by atoms with Gasteiger partial charge >= 0.3 is 0 Å². The Balaban J connectivity index is 2.85. The molecule has 0 heterocycles. The van der Waals surface area contributed by atoms with E-state index in [1.807, 2.05) is 0 Å². The van der Waals surface area contributed by atoms with Gasteiger partial charge in [0, 0.05) is 23.9 Å². The first-order chi connectivity index (χ1) is 5.74. The molecule has 0 atom stereocenters. The van der Waals surface area contributed by atoms with Gasteiger partial charge in [-0.2, -0.15) is 0 Å². The molecule has 0 N–H and O–H groups in total. The molecule has 0 fully saturated rings. The Morgan fingerprint density at radius 3 is 2.42 bits per heavy atom. The molecule has 0 saturated carbocycles. The number of nitro benzene ring substituents is 1. The average Bonchev–Trinajstić information content (AvgIpc) is 2.06. The highest BCUT2D eigenvalue weighted by Crippen LogP contribution is 2.11. The van der Waals surface area contributed by atoms with Crippen LogP contribution in [-0.2, 0) is 6.42 Å². The predicted octanol–water partition coefficient (Wildman–Crippen LogP) is 2.01. The molecule has 0 unspecified atom stereocenters. The van der Waals surface area contributed by atoms with Gasteiger partial charge in [-0.15, -0.1) is 0 Å². The lowest BCUT2D eigenvalue weighted by Gasteiger charge is -1.93. The van der Waals surface area contributed by atoms with Crippen LogP contribution in [0, 0.1) is 10.1 Å². The van der Waals surface area contributed by atoms with E-state index < -0.39 is 4.92 Å². The monoisotopic (exact) mass is 180 g/mol. The minimum atomic E-state index is -0.426. The molecular formula is C8H6NO2S. The Morgan fingerprint density at radius 1 is 1.42 bits per heavy atom. The lowest BCUT2D eigenvalue weighted by atomic mass is 10.2.